The highest BCUT2D eigenvalue weighted by Gasteiger charge is 2.07. The number of hydrogen-bond acceptors (Lipinski definition) is 5. The number of aromatic nitrogens is 1. The first-order valence-corrected chi connectivity index (χ1v) is 10.0. The molecule has 7 nitrogen and oxygen atoms in total. The van der Waals surface area contributed by atoms with Crippen LogP contribution in [-0.2, 0) is 11.3 Å². The van der Waals surface area contributed by atoms with Crippen molar-refractivity contribution in [3.63, 3.8) is 0 Å². The molecule has 0 saturated carbocycles. The molecule has 8 heteroatoms. The van der Waals surface area contributed by atoms with Crippen molar-refractivity contribution in [2.75, 3.05) is 39.3 Å². The molecule has 2 rings (SSSR count). The zero-order valence-corrected chi connectivity index (χ0v) is 20.3. The van der Waals surface area contributed by atoms with Crippen LogP contribution in [0.15, 0.2) is 47.6 Å². The first kappa shape index (κ1) is 26.0. The molecule has 166 valence electrons. The molecule has 1 aromatic carbocycles. The number of nitrogens with one attached hydrogen (secondary N) is 2. The van der Waals surface area contributed by atoms with Crippen LogP contribution in [0.5, 0.6) is 11.6 Å². The van der Waals surface area contributed by atoms with Crippen molar-refractivity contribution in [1.29, 1.82) is 0 Å². The fraction of sp³-hybridized carbons (Fsp3) is 0.455. The van der Waals surface area contributed by atoms with Crippen molar-refractivity contribution < 1.29 is 14.2 Å². The lowest BCUT2D eigenvalue weighted by atomic mass is 10.2. The van der Waals surface area contributed by atoms with Crippen LogP contribution in [0.4, 0.5) is 5.69 Å². The third-order valence-electron chi connectivity index (χ3n) is 4.11. The van der Waals surface area contributed by atoms with Gasteiger partial charge in [-0.3, -0.25) is 4.99 Å². The number of rotatable bonds is 12. The number of pyridine rings is 1. The molecule has 0 radical (unpaired) electrons. The minimum absolute atomic E-state index is 0. The molecule has 0 spiro atoms. The van der Waals surface area contributed by atoms with E-state index in [1.165, 1.54) is 0 Å². The number of ether oxygens (including phenoxy) is 3. The molecule has 1 aromatic heterocycles. The van der Waals surface area contributed by atoms with Crippen molar-refractivity contribution >= 4 is 35.6 Å². The lowest BCUT2D eigenvalue weighted by molar-refractivity contribution is 0.172. The second-order valence-corrected chi connectivity index (χ2v) is 6.44. The van der Waals surface area contributed by atoms with Gasteiger partial charge in [-0.15, -0.1) is 24.0 Å². The summed E-state index contributed by atoms with van der Waals surface area (Å²) in [6.07, 6.45) is 4.70. The van der Waals surface area contributed by atoms with Crippen LogP contribution in [0, 0.1) is 0 Å². The van der Waals surface area contributed by atoms with E-state index in [4.69, 9.17) is 14.2 Å². The van der Waals surface area contributed by atoms with Gasteiger partial charge in [0.1, 0.15) is 5.75 Å². The Labute approximate surface area is 196 Å². The number of unbranched alkanes of at least 4 members (excludes halogenated alkanes) is 1. The molecule has 0 atom stereocenters. The minimum atomic E-state index is 0. The van der Waals surface area contributed by atoms with E-state index in [9.17, 15) is 0 Å². The van der Waals surface area contributed by atoms with E-state index in [1.807, 2.05) is 36.4 Å². The van der Waals surface area contributed by atoms with Crippen molar-refractivity contribution in [2.45, 2.75) is 32.7 Å². The molecular formula is C22H33IN4O3. The average molecular weight is 528 g/mol. The number of guanidine groups is 1. The summed E-state index contributed by atoms with van der Waals surface area (Å²) in [4.78, 5) is 8.64. The summed E-state index contributed by atoms with van der Waals surface area (Å²) in [6, 6.07) is 11.7. The van der Waals surface area contributed by atoms with Gasteiger partial charge >= 0.3 is 0 Å². The van der Waals surface area contributed by atoms with Crippen LogP contribution in [-0.4, -0.2) is 44.9 Å². The van der Waals surface area contributed by atoms with Gasteiger partial charge in [-0.05, 0) is 24.6 Å². The van der Waals surface area contributed by atoms with Gasteiger partial charge in [0.15, 0.2) is 5.96 Å². The molecular weight excluding hydrogens is 495 g/mol. The maximum Gasteiger partial charge on any atom is 0.218 e. The van der Waals surface area contributed by atoms with Gasteiger partial charge in [-0.1, -0.05) is 25.5 Å². The number of anilines is 1. The van der Waals surface area contributed by atoms with Crippen LogP contribution in [0.3, 0.4) is 0 Å². The Balaban J connectivity index is 0.00000450. The third-order valence-corrected chi connectivity index (χ3v) is 4.11. The van der Waals surface area contributed by atoms with Crippen molar-refractivity contribution in [2.24, 2.45) is 4.99 Å². The van der Waals surface area contributed by atoms with Crippen LogP contribution in [0.2, 0.25) is 0 Å². The molecule has 0 amide bonds. The van der Waals surface area contributed by atoms with E-state index in [2.05, 4.69) is 27.5 Å². The molecule has 0 aliphatic carbocycles. The fourth-order valence-corrected chi connectivity index (χ4v) is 2.55. The Morgan fingerprint density at radius 1 is 1.07 bits per heavy atom. The van der Waals surface area contributed by atoms with E-state index in [0.29, 0.717) is 38.2 Å². The van der Waals surface area contributed by atoms with E-state index in [0.717, 1.165) is 36.3 Å². The second-order valence-electron chi connectivity index (χ2n) is 6.44. The standard InChI is InChI=1S/C22H32N4O3.HI/c1-4-5-14-29-21-18(9-7-12-24-21)17-25-22(23-2)26-19-10-6-11-20(16-19)28-15-8-13-27-3;/h6-7,9-12,16H,4-5,8,13-15,17H2,1-3H3,(H2,23,25,26);1H. The Bertz CT molecular complexity index is 759. The summed E-state index contributed by atoms with van der Waals surface area (Å²) in [7, 11) is 3.43. The highest BCUT2D eigenvalue weighted by molar-refractivity contribution is 14.0. The maximum atomic E-state index is 5.80. The van der Waals surface area contributed by atoms with E-state index < -0.39 is 0 Å². The second kappa shape index (κ2) is 15.7. The predicted molar refractivity (Wildman–Crippen MR) is 132 cm³/mol. The maximum absolute atomic E-state index is 5.80. The lowest BCUT2D eigenvalue weighted by Crippen LogP contribution is -2.30. The summed E-state index contributed by atoms with van der Waals surface area (Å²) < 4.78 is 16.6. The Kier molecular flexibility index (Phi) is 13.6. The highest BCUT2D eigenvalue weighted by Crippen LogP contribution is 2.18. The fourth-order valence-electron chi connectivity index (χ4n) is 2.55. The largest absolute Gasteiger partial charge is 0.493 e. The monoisotopic (exact) mass is 528 g/mol. The van der Waals surface area contributed by atoms with Gasteiger partial charge in [-0.25, -0.2) is 4.98 Å². The van der Waals surface area contributed by atoms with Crippen molar-refractivity contribution in [3.05, 3.63) is 48.2 Å². The number of methoxy groups -OCH3 is 1. The number of hydrogen-bond donors (Lipinski definition) is 2. The first-order chi connectivity index (χ1) is 14.3. The summed E-state index contributed by atoms with van der Waals surface area (Å²) in [5, 5.41) is 6.59. The minimum Gasteiger partial charge on any atom is -0.493 e. The predicted octanol–water partition coefficient (Wildman–Crippen LogP) is 4.48. The number of benzene rings is 1. The molecule has 0 aliphatic rings. The third kappa shape index (κ3) is 9.62. The zero-order chi connectivity index (χ0) is 20.7. The molecule has 0 fully saturated rings. The normalized spacial score (nSPS) is 10.8. The Morgan fingerprint density at radius 2 is 1.90 bits per heavy atom. The first-order valence-electron chi connectivity index (χ1n) is 10.0. The Morgan fingerprint density at radius 3 is 2.67 bits per heavy atom. The van der Waals surface area contributed by atoms with Crippen molar-refractivity contribution in [1.82, 2.24) is 10.3 Å². The van der Waals surface area contributed by atoms with Crippen LogP contribution in [0.25, 0.3) is 0 Å². The molecule has 0 bridgehead atoms. The van der Waals surface area contributed by atoms with Gasteiger partial charge in [0, 0.05) is 57.2 Å². The van der Waals surface area contributed by atoms with E-state index in [1.54, 1.807) is 20.4 Å². The van der Waals surface area contributed by atoms with Gasteiger partial charge in [0.25, 0.3) is 0 Å². The zero-order valence-electron chi connectivity index (χ0n) is 18.0. The smallest absolute Gasteiger partial charge is 0.218 e. The number of nitrogens with zero attached hydrogens (tertiary/aromatic N) is 2. The summed E-state index contributed by atoms with van der Waals surface area (Å²) in [5.41, 5.74) is 1.88. The highest BCUT2D eigenvalue weighted by atomic mass is 127. The van der Waals surface area contributed by atoms with Gasteiger partial charge < -0.3 is 24.8 Å². The molecule has 0 unspecified atom stereocenters. The molecule has 0 aliphatic heterocycles. The lowest BCUT2D eigenvalue weighted by Gasteiger charge is -2.15. The van der Waals surface area contributed by atoms with Crippen LogP contribution < -0.4 is 20.1 Å². The Hall–Kier alpha value is -2.07. The topological polar surface area (TPSA) is 77.0 Å². The molecule has 1 heterocycles. The van der Waals surface area contributed by atoms with Gasteiger partial charge in [-0.2, -0.15) is 0 Å². The SMILES string of the molecule is CCCCOc1ncccc1CNC(=NC)Nc1cccc(OCCCOC)c1.I. The molecule has 0 saturated heterocycles. The van der Waals surface area contributed by atoms with Crippen LogP contribution >= 0.6 is 24.0 Å². The summed E-state index contributed by atoms with van der Waals surface area (Å²) in [5.74, 6) is 2.13. The molecule has 30 heavy (non-hydrogen) atoms. The number of halogens is 1. The van der Waals surface area contributed by atoms with Crippen LogP contribution in [0.1, 0.15) is 31.7 Å². The quantitative estimate of drug-likeness (QED) is 0.183. The van der Waals surface area contributed by atoms with E-state index >= 15 is 0 Å². The van der Waals surface area contributed by atoms with Gasteiger partial charge in [0.2, 0.25) is 5.88 Å². The number of aliphatic imine (C=N–C) groups is 1. The van der Waals surface area contributed by atoms with E-state index in [-0.39, 0.29) is 24.0 Å². The van der Waals surface area contributed by atoms with Gasteiger partial charge in [0.05, 0.1) is 13.2 Å². The van der Waals surface area contributed by atoms with Crippen molar-refractivity contribution in [3.8, 4) is 11.6 Å². The summed E-state index contributed by atoms with van der Waals surface area (Å²) >= 11 is 0. The molecule has 2 N–H and O–H groups in total. The summed E-state index contributed by atoms with van der Waals surface area (Å²) in [6.45, 7) is 4.67. The molecule has 2 aromatic rings. The average Bonchev–Trinajstić information content (AvgIpc) is 2.75.